The molecule has 9 nitrogen and oxygen atoms in total. The fourth-order valence-electron chi connectivity index (χ4n) is 3.77. The molecule has 2 aromatic rings. The molecule has 1 aliphatic rings. The lowest BCUT2D eigenvalue weighted by Crippen LogP contribution is -2.33. The minimum Gasteiger partial charge on any atom is -0.493 e. The number of hydrogen-bond donors (Lipinski definition) is 3. The minimum atomic E-state index is -0.470. The van der Waals surface area contributed by atoms with Gasteiger partial charge in [0.1, 0.15) is 5.69 Å². The first-order valence-electron chi connectivity index (χ1n) is 10.2. The number of nitrogens with one attached hydrogen (secondary N) is 2. The molecule has 2 aromatic carbocycles. The van der Waals surface area contributed by atoms with E-state index in [0.29, 0.717) is 11.5 Å². The van der Waals surface area contributed by atoms with Crippen LogP contribution in [0.2, 0.25) is 0 Å². The molecular weight excluding hydrogens is 400 g/mol. The number of carbonyl (C=O) groups is 1. The summed E-state index contributed by atoms with van der Waals surface area (Å²) < 4.78 is 10.5. The molecule has 31 heavy (non-hydrogen) atoms. The van der Waals surface area contributed by atoms with Gasteiger partial charge in [0, 0.05) is 24.7 Å². The van der Waals surface area contributed by atoms with Crippen molar-refractivity contribution in [3.05, 3.63) is 57.6 Å². The number of nitro groups is 1. The van der Waals surface area contributed by atoms with Gasteiger partial charge >= 0.3 is 0 Å². The van der Waals surface area contributed by atoms with Gasteiger partial charge in [0.15, 0.2) is 11.5 Å². The molecule has 1 fully saturated rings. The Bertz CT molecular complexity index is 941. The molecule has 0 heterocycles. The number of rotatable bonds is 8. The van der Waals surface area contributed by atoms with E-state index in [-0.39, 0.29) is 35.6 Å². The first-order chi connectivity index (χ1) is 14.9. The Kier molecular flexibility index (Phi) is 7.30. The summed E-state index contributed by atoms with van der Waals surface area (Å²) in [4.78, 5) is 24.1. The van der Waals surface area contributed by atoms with E-state index in [9.17, 15) is 14.9 Å². The van der Waals surface area contributed by atoms with Crippen molar-refractivity contribution in [1.29, 1.82) is 0 Å². The summed E-state index contributed by atoms with van der Waals surface area (Å²) >= 11 is 0. The second kappa shape index (κ2) is 10.1. The van der Waals surface area contributed by atoms with E-state index in [4.69, 9.17) is 15.2 Å². The van der Waals surface area contributed by atoms with Crippen LogP contribution < -0.4 is 25.8 Å². The van der Waals surface area contributed by atoms with Crippen LogP contribution in [-0.2, 0) is 6.54 Å². The second-order valence-corrected chi connectivity index (χ2v) is 7.58. The molecule has 1 amide bonds. The van der Waals surface area contributed by atoms with Gasteiger partial charge in [0.05, 0.1) is 24.7 Å². The average Bonchev–Trinajstić information content (AvgIpc) is 2.78. The number of anilines is 1. The van der Waals surface area contributed by atoms with Crippen LogP contribution in [0.25, 0.3) is 0 Å². The van der Waals surface area contributed by atoms with E-state index in [2.05, 4.69) is 10.6 Å². The van der Waals surface area contributed by atoms with E-state index < -0.39 is 10.8 Å². The van der Waals surface area contributed by atoms with Crippen molar-refractivity contribution in [1.82, 2.24) is 5.32 Å². The molecule has 0 aromatic heterocycles. The molecule has 1 aliphatic carbocycles. The zero-order chi connectivity index (χ0) is 22.4. The number of methoxy groups -OCH3 is 2. The van der Waals surface area contributed by atoms with Crippen molar-refractivity contribution in [2.75, 3.05) is 19.5 Å². The van der Waals surface area contributed by atoms with Crippen LogP contribution in [-0.4, -0.2) is 37.1 Å². The maximum atomic E-state index is 12.9. The predicted octanol–water partition coefficient (Wildman–Crippen LogP) is 3.22. The zero-order valence-electron chi connectivity index (χ0n) is 17.7. The number of amides is 1. The summed E-state index contributed by atoms with van der Waals surface area (Å²) in [7, 11) is 3.09. The summed E-state index contributed by atoms with van der Waals surface area (Å²) in [6.45, 7) is 0.236. The van der Waals surface area contributed by atoms with Gasteiger partial charge in [-0.2, -0.15) is 0 Å². The van der Waals surface area contributed by atoms with Gasteiger partial charge in [0.2, 0.25) is 0 Å². The molecule has 0 atom stereocenters. The third-order valence-electron chi connectivity index (χ3n) is 5.51. The Morgan fingerprint density at radius 3 is 2.48 bits per heavy atom. The number of benzene rings is 2. The zero-order valence-corrected chi connectivity index (χ0v) is 17.7. The Morgan fingerprint density at radius 2 is 1.84 bits per heavy atom. The van der Waals surface area contributed by atoms with Gasteiger partial charge in [-0.15, -0.1) is 0 Å². The summed E-state index contributed by atoms with van der Waals surface area (Å²) in [5, 5.41) is 17.7. The van der Waals surface area contributed by atoms with Crippen molar-refractivity contribution in [2.24, 2.45) is 5.73 Å². The normalized spacial score (nSPS) is 18.2. The maximum absolute atomic E-state index is 12.9. The number of nitrogens with two attached hydrogens (primary N) is 1. The Balaban J connectivity index is 1.78. The summed E-state index contributed by atoms with van der Waals surface area (Å²) in [6.07, 6.45) is 3.30. The van der Waals surface area contributed by atoms with E-state index in [0.717, 1.165) is 31.2 Å². The summed E-state index contributed by atoms with van der Waals surface area (Å²) in [5.74, 6) is 0.755. The quantitative estimate of drug-likeness (QED) is 0.435. The van der Waals surface area contributed by atoms with Crippen molar-refractivity contribution in [2.45, 2.75) is 44.3 Å². The number of hydrogen-bond acceptors (Lipinski definition) is 7. The van der Waals surface area contributed by atoms with Crippen molar-refractivity contribution < 1.29 is 19.2 Å². The molecule has 0 bridgehead atoms. The van der Waals surface area contributed by atoms with Gasteiger partial charge in [-0.1, -0.05) is 12.1 Å². The summed E-state index contributed by atoms with van der Waals surface area (Å²) in [6, 6.07) is 10.1. The first kappa shape index (κ1) is 22.4. The Hall–Kier alpha value is -3.33. The van der Waals surface area contributed by atoms with Crippen LogP contribution in [0.5, 0.6) is 11.5 Å². The molecule has 1 saturated carbocycles. The Morgan fingerprint density at radius 1 is 1.13 bits per heavy atom. The number of nitro benzene ring substituents is 1. The molecule has 0 radical (unpaired) electrons. The van der Waals surface area contributed by atoms with Crippen LogP contribution >= 0.6 is 0 Å². The molecule has 166 valence electrons. The van der Waals surface area contributed by atoms with E-state index in [1.807, 2.05) is 6.07 Å². The molecule has 0 saturated heterocycles. The number of nitrogens with zero attached hydrogens (tertiary/aromatic N) is 1. The average molecular weight is 428 g/mol. The molecule has 0 spiro atoms. The highest BCUT2D eigenvalue weighted by Gasteiger charge is 2.26. The lowest BCUT2D eigenvalue weighted by molar-refractivity contribution is -0.384. The van der Waals surface area contributed by atoms with Crippen LogP contribution in [0.4, 0.5) is 11.4 Å². The van der Waals surface area contributed by atoms with Crippen LogP contribution in [0, 0.1) is 10.1 Å². The van der Waals surface area contributed by atoms with Gasteiger partial charge in [-0.05, 0) is 49.4 Å². The fraction of sp³-hybridized carbons (Fsp3) is 0.409. The molecule has 3 rings (SSSR count). The molecule has 4 N–H and O–H groups in total. The molecular formula is C22H28N4O5. The largest absolute Gasteiger partial charge is 0.493 e. The van der Waals surface area contributed by atoms with Crippen LogP contribution in [0.15, 0.2) is 36.4 Å². The standard InChI is InChI=1S/C22H28N4O5/c1-30-19-11-6-14(12-20(19)31-2)13-24-22(27)17-4-3-5-18(26(28)29)21(17)25-16-9-7-15(23)8-10-16/h3-6,11-12,15-16,25H,7-10,13,23H2,1-2H3,(H,24,27). The SMILES string of the molecule is COc1ccc(CNC(=O)c2cccc([N+](=O)[O-])c2NC2CCC(N)CC2)cc1OC. The predicted molar refractivity (Wildman–Crippen MR) is 118 cm³/mol. The first-order valence-corrected chi connectivity index (χ1v) is 10.2. The highest BCUT2D eigenvalue weighted by Crippen LogP contribution is 2.32. The van der Waals surface area contributed by atoms with Gasteiger partial charge in [-0.25, -0.2) is 0 Å². The van der Waals surface area contributed by atoms with Crippen LogP contribution in [0.3, 0.4) is 0 Å². The number of carbonyl (C=O) groups excluding carboxylic acids is 1. The van der Waals surface area contributed by atoms with E-state index in [1.165, 1.54) is 12.1 Å². The van der Waals surface area contributed by atoms with Gasteiger partial charge in [0.25, 0.3) is 11.6 Å². The smallest absolute Gasteiger partial charge is 0.293 e. The molecule has 0 aliphatic heterocycles. The molecule has 0 unspecified atom stereocenters. The highest BCUT2D eigenvalue weighted by molar-refractivity contribution is 6.01. The highest BCUT2D eigenvalue weighted by atomic mass is 16.6. The van der Waals surface area contributed by atoms with E-state index in [1.54, 1.807) is 32.4 Å². The minimum absolute atomic E-state index is 0.0401. The van der Waals surface area contributed by atoms with Crippen molar-refractivity contribution in [3.63, 3.8) is 0 Å². The van der Waals surface area contributed by atoms with Crippen LogP contribution in [0.1, 0.15) is 41.6 Å². The van der Waals surface area contributed by atoms with Gasteiger partial charge in [-0.3, -0.25) is 14.9 Å². The number of ether oxygens (including phenoxy) is 2. The van der Waals surface area contributed by atoms with Crippen molar-refractivity contribution >= 4 is 17.3 Å². The third-order valence-corrected chi connectivity index (χ3v) is 5.51. The summed E-state index contributed by atoms with van der Waals surface area (Å²) in [5.41, 5.74) is 7.15. The number of para-hydroxylation sites is 1. The van der Waals surface area contributed by atoms with Gasteiger partial charge < -0.3 is 25.8 Å². The third kappa shape index (κ3) is 5.43. The topological polar surface area (TPSA) is 129 Å². The molecule has 9 heteroatoms. The Labute approximate surface area is 181 Å². The van der Waals surface area contributed by atoms with E-state index >= 15 is 0 Å². The lowest BCUT2D eigenvalue weighted by atomic mass is 9.91. The van der Waals surface area contributed by atoms with Crippen molar-refractivity contribution in [3.8, 4) is 11.5 Å². The monoisotopic (exact) mass is 428 g/mol. The second-order valence-electron chi connectivity index (χ2n) is 7.58. The fourth-order valence-corrected chi connectivity index (χ4v) is 3.77. The maximum Gasteiger partial charge on any atom is 0.293 e. The lowest BCUT2D eigenvalue weighted by Gasteiger charge is -2.28.